The van der Waals surface area contributed by atoms with Gasteiger partial charge in [0.1, 0.15) is 6.07 Å². The number of benzene rings is 1. The number of nitriles is 1. The van der Waals surface area contributed by atoms with Crippen molar-refractivity contribution < 1.29 is 0 Å². The summed E-state index contributed by atoms with van der Waals surface area (Å²) < 4.78 is 1.84. The number of tetrazole rings is 1. The van der Waals surface area contributed by atoms with E-state index in [-0.39, 0.29) is 0 Å². The molecule has 1 heterocycles. The molecule has 0 aliphatic heterocycles. The lowest BCUT2D eigenvalue weighted by atomic mass is 10.2. The van der Waals surface area contributed by atoms with Gasteiger partial charge in [-0.25, -0.2) is 4.68 Å². The van der Waals surface area contributed by atoms with Crippen LogP contribution in [-0.2, 0) is 0 Å². The van der Waals surface area contributed by atoms with Gasteiger partial charge in [0.05, 0.1) is 16.6 Å². The zero-order chi connectivity index (χ0) is 12.5. The third-order valence-corrected chi connectivity index (χ3v) is 3.88. The molecule has 0 bridgehead atoms. The zero-order valence-corrected chi connectivity index (χ0v) is 10.8. The van der Waals surface area contributed by atoms with Gasteiger partial charge in [-0.05, 0) is 53.2 Å². The Morgan fingerprint density at radius 1 is 1.44 bits per heavy atom. The van der Waals surface area contributed by atoms with Crippen molar-refractivity contribution in [2.24, 2.45) is 0 Å². The highest BCUT2D eigenvalue weighted by molar-refractivity contribution is 7.99. The van der Waals surface area contributed by atoms with E-state index in [1.807, 2.05) is 16.8 Å². The molecule has 7 heteroatoms. The summed E-state index contributed by atoms with van der Waals surface area (Å²) in [6.45, 7) is 0. The summed E-state index contributed by atoms with van der Waals surface area (Å²) >= 11 is 7.45. The molecular weight excluding hydrogens is 270 g/mol. The van der Waals surface area contributed by atoms with E-state index in [0.717, 1.165) is 22.9 Å². The van der Waals surface area contributed by atoms with Crippen LogP contribution >= 0.6 is 23.4 Å². The topological polar surface area (TPSA) is 67.4 Å². The Kier molecular flexibility index (Phi) is 2.94. The van der Waals surface area contributed by atoms with Gasteiger partial charge in [-0.1, -0.05) is 11.6 Å². The molecule has 1 aliphatic rings. The maximum Gasteiger partial charge on any atom is 0.214 e. The minimum atomic E-state index is 0.441. The molecular formula is C11H8ClN5S. The van der Waals surface area contributed by atoms with Gasteiger partial charge < -0.3 is 0 Å². The van der Waals surface area contributed by atoms with Gasteiger partial charge in [-0.3, -0.25) is 0 Å². The fourth-order valence-electron chi connectivity index (χ4n) is 1.56. The molecule has 90 valence electrons. The van der Waals surface area contributed by atoms with Gasteiger partial charge in [0.15, 0.2) is 0 Å². The Bertz CT molecular complexity index is 629. The van der Waals surface area contributed by atoms with E-state index in [9.17, 15) is 0 Å². The number of rotatable bonds is 3. The van der Waals surface area contributed by atoms with Crippen molar-refractivity contribution in [2.45, 2.75) is 28.9 Å². The van der Waals surface area contributed by atoms with Gasteiger partial charge in [-0.2, -0.15) is 5.26 Å². The molecule has 1 aliphatic carbocycles. The molecule has 0 atom stereocenters. The highest BCUT2D eigenvalue weighted by Crippen LogP contribution is 2.38. The SMILES string of the molecule is N#Cc1ccc(Sc2nnnn2C2CC2)cc1Cl. The average Bonchev–Trinajstić information content (AvgIpc) is 3.11. The summed E-state index contributed by atoms with van der Waals surface area (Å²) in [6.07, 6.45) is 2.26. The van der Waals surface area contributed by atoms with E-state index < -0.39 is 0 Å². The molecule has 1 fully saturated rings. The first kappa shape index (κ1) is 11.5. The van der Waals surface area contributed by atoms with E-state index in [0.29, 0.717) is 16.6 Å². The molecule has 1 aromatic heterocycles. The Hall–Kier alpha value is -1.58. The lowest BCUT2D eigenvalue weighted by molar-refractivity contribution is 0.565. The maximum atomic E-state index is 8.81. The summed E-state index contributed by atoms with van der Waals surface area (Å²) in [5.74, 6) is 0. The minimum Gasteiger partial charge on any atom is -0.217 e. The van der Waals surface area contributed by atoms with Gasteiger partial charge in [0, 0.05) is 4.90 Å². The number of nitrogens with zero attached hydrogens (tertiary/aromatic N) is 5. The van der Waals surface area contributed by atoms with Gasteiger partial charge in [0.2, 0.25) is 5.16 Å². The van der Waals surface area contributed by atoms with Crippen molar-refractivity contribution in [2.75, 3.05) is 0 Å². The van der Waals surface area contributed by atoms with Crippen LogP contribution < -0.4 is 0 Å². The first-order valence-electron chi connectivity index (χ1n) is 5.43. The molecule has 3 rings (SSSR count). The Morgan fingerprint density at radius 2 is 2.28 bits per heavy atom. The lowest BCUT2D eigenvalue weighted by Crippen LogP contribution is -1.98. The van der Waals surface area contributed by atoms with Crippen LogP contribution in [0.5, 0.6) is 0 Å². The van der Waals surface area contributed by atoms with Crippen LogP contribution in [0.3, 0.4) is 0 Å². The molecule has 0 amide bonds. The number of hydrogen-bond donors (Lipinski definition) is 0. The predicted octanol–water partition coefficient (Wildman–Crippen LogP) is 2.68. The Labute approximate surface area is 113 Å². The summed E-state index contributed by atoms with van der Waals surface area (Å²) in [6, 6.07) is 7.79. The zero-order valence-electron chi connectivity index (χ0n) is 9.25. The molecule has 18 heavy (non-hydrogen) atoms. The van der Waals surface area contributed by atoms with E-state index in [1.54, 1.807) is 12.1 Å². The van der Waals surface area contributed by atoms with Crippen molar-refractivity contribution in [3.8, 4) is 6.07 Å². The fourth-order valence-corrected chi connectivity index (χ4v) is 2.72. The molecule has 0 N–H and O–H groups in total. The second kappa shape index (κ2) is 4.59. The van der Waals surface area contributed by atoms with Crippen LogP contribution in [-0.4, -0.2) is 20.2 Å². The molecule has 2 aromatic rings. The number of aromatic nitrogens is 4. The Balaban J connectivity index is 1.86. The summed E-state index contributed by atoms with van der Waals surface area (Å²) in [5, 5.41) is 21.7. The first-order chi connectivity index (χ1) is 8.78. The first-order valence-corrected chi connectivity index (χ1v) is 6.63. The number of halogens is 1. The average molecular weight is 278 g/mol. The predicted molar refractivity (Wildman–Crippen MR) is 66.4 cm³/mol. The quantitative estimate of drug-likeness (QED) is 0.863. The van der Waals surface area contributed by atoms with Crippen molar-refractivity contribution in [3.63, 3.8) is 0 Å². The second-order valence-corrected chi connectivity index (χ2v) is 5.44. The van der Waals surface area contributed by atoms with E-state index in [4.69, 9.17) is 16.9 Å². The molecule has 1 saturated carbocycles. The molecule has 0 spiro atoms. The minimum absolute atomic E-state index is 0.441. The van der Waals surface area contributed by atoms with Crippen molar-refractivity contribution in [1.29, 1.82) is 5.26 Å². The summed E-state index contributed by atoms with van der Waals surface area (Å²) in [4.78, 5) is 0.927. The van der Waals surface area contributed by atoms with Crippen LogP contribution in [0, 0.1) is 11.3 Å². The summed E-state index contributed by atoms with van der Waals surface area (Å²) in [7, 11) is 0. The van der Waals surface area contributed by atoms with E-state index in [1.165, 1.54) is 11.8 Å². The highest BCUT2D eigenvalue weighted by Gasteiger charge is 2.28. The highest BCUT2D eigenvalue weighted by atomic mass is 35.5. The smallest absolute Gasteiger partial charge is 0.214 e. The fraction of sp³-hybridized carbons (Fsp3) is 0.273. The maximum absolute atomic E-state index is 8.81. The van der Waals surface area contributed by atoms with E-state index in [2.05, 4.69) is 15.5 Å². The third kappa shape index (κ3) is 2.19. The number of hydrogen-bond acceptors (Lipinski definition) is 5. The van der Waals surface area contributed by atoms with Gasteiger partial charge in [-0.15, -0.1) is 5.10 Å². The standard InChI is InChI=1S/C11H8ClN5S/c12-10-5-9(4-1-7(10)6-13)18-11-14-15-16-17(11)8-2-3-8/h1,4-5,8H,2-3H2. The van der Waals surface area contributed by atoms with Crippen LogP contribution in [0.25, 0.3) is 0 Å². The summed E-state index contributed by atoms with van der Waals surface area (Å²) in [5.41, 5.74) is 0.475. The second-order valence-electron chi connectivity index (χ2n) is 3.99. The monoisotopic (exact) mass is 277 g/mol. The normalized spacial score (nSPS) is 14.4. The van der Waals surface area contributed by atoms with E-state index >= 15 is 0 Å². The Morgan fingerprint density at radius 3 is 2.94 bits per heavy atom. The molecule has 1 aromatic carbocycles. The van der Waals surface area contributed by atoms with Crippen molar-refractivity contribution in [3.05, 3.63) is 28.8 Å². The van der Waals surface area contributed by atoms with Crippen LogP contribution in [0.15, 0.2) is 28.3 Å². The van der Waals surface area contributed by atoms with Crippen molar-refractivity contribution in [1.82, 2.24) is 20.2 Å². The largest absolute Gasteiger partial charge is 0.217 e. The van der Waals surface area contributed by atoms with Crippen LogP contribution in [0.4, 0.5) is 0 Å². The molecule has 5 nitrogen and oxygen atoms in total. The molecule has 0 saturated heterocycles. The van der Waals surface area contributed by atoms with Crippen molar-refractivity contribution >= 4 is 23.4 Å². The molecule has 0 unspecified atom stereocenters. The third-order valence-electron chi connectivity index (χ3n) is 2.63. The lowest BCUT2D eigenvalue weighted by Gasteiger charge is -2.03. The van der Waals surface area contributed by atoms with Crippen LogP contribution in [0.1, 0.15) is 24.4 Å². The van der Waals surface area contributed by atoms with Gasteiger partial charge in [0.25, 0.3) is 0 Å². The van der Waals surface area contributed by atoms with Crippen LogP contribution in [0.2, 0.25) is 5.02 Å². The molecule has 0 radical (unpaired) electrons. The van der Waals surface area contributed by atoms with Gasteiger partial charge >= 0.3 is 0 Å².